The number of imide groups is 1. The highest BCUT2D eigenvalue weighted by Crippen LogP contribution is 2.21. The molecule has 0 radical (unpaired) electrons. The zero-order valence-corrected chi connectivity index (χ0v) is 17.5. The van der Waals surface area contributed by atoms with E-state index in [0.717, 1.165) is 0 Å². The normalized spacial score (nSPS) is 12.7. The van der Waals surface area contributed by atoms with Crippen LogP contribution in [-0.2, 0) is 19.6 Å². The van der Waals surface area contributed by atoms with Gasteiger partial charge < -0.3 is 10.5 Å². The van der Waals surface area contributed by atoms with Gasteiger partial charge in [-0.05, 0) is 30.5 Å². The number of benzene rings is 1. The van der Waals surface area contributed by atoms with Crippen molar-refractivity contribution in [3.8, 4) is 0 Å². The van der Waals surface area contributed by atoms with E-state index in [1.807, 2.05) is 5.32 Å². The van der Waals surface area contributed by atoms with Crippen molar-refractivity contribution in [1.82, 2.24) is 9.62 Å². The van der Waals surface area contributed by atoms with Crippen LogP contribution < -0.4 is 11.1 Å². The summed E-state index contributed by atoms with van der Waals surface area (Å²) in [5.74, 6) is -2.15. The molecule has 3 N–H and O–H groups in total. The fourth-order valence-electron chi connectivity index (χ4n) is 2.56. The molecule has 1 atom stereocenters. The number of esters is 1. The van der Waals surface area contributed by atoms with Crippen molar-refractivity contribution in [2.24, 2.45) is 11.7 Å². The number of carbonyl (C=O) groups is 3. The first kappa shape index (κ1) is 23.6. The topological polar surface area (TPSA) is 136 Å². The molecule has 0 aromatic heterocycles. The molecule has 3 amide bonds. The summed E-state index contributed by atoms with van der Waals surface area (Å²) >= 11 is 0. The molecule has 1 aromatic carbocycles. The van der Waals surface area contributed by atoms with E-state index < -0.39 is 40.0 Å². The van der Waals surface area contributed by atoms with Gasteiger partial charge in [0.15, 0.2) is 6.10 Å². The van der Waals surface area contributed by atoms with Crippen molar-refractivity contribution in [3.05, 3.63) is 29.3 Å². The maximum atomic E-state index is 12.7. The molecule has 1 aromatic rings. The predicted octanol–water partition coefficient (Wildman–Crippen LogP) is 1.40. The number of primary amides is 1. The van der Waals surface area contributed by atoms with Crippen LogP contribution in [0.4, 0.5) is 4.79 Å². The lowest BCUT2D eigenvalue weighted by Gasteiger charge is -2.21. The van der Waals surface area contributed by atoms with Crippen LogP contribution in [0.1, 0.15) is 43.6 Å². The molecule has 10 heteroatoms. The van der Waals surface area contributed by atoms with E-state index in [2.05, 4.69) is 0 Å². The second-order valence-electron chi connectivity index (χ2n) is 6.49. The minimum Gasteiger partial charge on any atom is -0.448 e. The van der Waals surface area contributed by atoms with Crippen molar-refractivity contribution >= 4 is 27.9 Å². The first-order chi connectivity index (χ1) is 12.9. The number of carbonyl (C=O) groups excluding carboxylic acids is 3. The first-order valence-corrected chi connectivity index (χ1v) is 10.3. The molecule has 0 unspecified atom stereocenters. The SMILES string of the molecule is CCN(CC)S(=O)(=O)c1ccc(C)c(C(=O)O[C@H](C(=O)NC(N)=O)C(C)C)c1. The molecule has 0 bridgehead atoms. The Hall–Kier alpha value is -2.46. The Bertz CT molecular complexity index is 847. The molecule has 156 valence electrons. The van der Waals surface area contributed by atoms with Crippen LogP contribution in [0.3, 0.4) is 0 Å². The minimum absolute atomic E-state index is 0.0192. The fraction of sp³-hybridized carbons (Fsp3) is 0.500. The summed E-state index contributed by atoms with van der Waals surface area (Å²) in [6, 6.07) is 3.09. The molecule has 0 aliphatic heterocycles. The summed E-state index contributed by atoms with van der Waals surface area (Å²) in [4.78, 5) is 35.5. The van der Waals surface area contributed by atoms with Crippen LogP contribution >= 0.6 is 0 Å². The second kappa shape index (κ2) is 9.65. The average Bonchev–Trinajstić information content (AvgIpc) is 2.59. The number of nitrogens with one attached hydrogen (secondary N) is 1. The summed E-state index contributed by atoms with van der Waals surface area (Å²) in [6.07, 6.45) is -1.26. The average molecular weight is 413 g/mol. The Balaban J connectivity index is 3.24. The smallest absolute Gasteiger partial charge is 0.339 e. The maximum Gasteiger partial charge on any atom is 0.339 e. The fourth-order valence-corrected chi connectivity index (χ4v) is 4.04. The number of rotatable bonds is 8. The van der Waals surface area contributed by atoms with Crippen LogP contribution in [0.2, 0.25) is 0 Å². The third-order valence-corrected chi connectivity index (χ3v) is 6.16. The number of amides is 3. The van der Waals surface area contributed by atoms with Crippen molar-refractivity contribution < 1.29 is 27.5 Å². The minimum atomic E-state index is -3.77. The maximum absolute atomic E-state index is 12.7. The van der Waals surface area contributed by atoms with E-state index in [4.69, 9.17) is 10.5 Å². The Kier molecular flexibility index (Phi) is 8.13. The highest BCUT2D eigenvalue weighted by Gasteiger charge is 2.29. The molecule has 0 heterocycles. The lowest BCUT2D eigenvalue weighted by atomic mass is 10.1. The number of ether oxygens (including phenoxy) is 1. The Labute approximate surface area is 165 Å². The molecule has 0 fully saturated rings. The van der Waals surface area contributed by atoms with Crippen LogP contribution in [0.25, 0.3) is 0 Å². The van der Waals surface area contributed by atoms with Gasteiger partial charge in [0.2, 0.25) is 10.0 Å². The third kappa shape index (κ3) is 5.52. The molecule has 0 saturated heterocycles. The van der Waals surface area contributed by atoms with E-state index in [1.54, 1.807) is 34.6 Å². The summed E-state index contributed by atoms with van der Waals surface area (Å²) in [7, 11) is -3.77. The van der Waals surface area contributed by atoms with E-state index in [9.17, 15) is 22.8 Å². The Morgan fingerprint density at radius 3 is 2.21 bits per heavy atom. The lowest BCUT2D eigenvalue weighted by molar-refractivity contribution is -0.130. The summed E-state index contributed by atoms with van der Waals surface area (Å²) in [6.45, 7) is 8.89. The Morgan fingerprint density at radius 1 is 1.18 bits per heavy atom. The van der Waals surface area contributed by atoms with Gasteiger partial charge in [-0.15, -0.1) is 0 Å². The standard InChI is InChI=1S/C18H27N3O6S/c1-6-21(7-2)28(25,26)13-9-8-12(5)14(10-13)17(23)27-15(11(3)4)16(22)20-18(19)24/h8-11,15H,6-7H2,1-5H3,(H3,19,20,22,24)/t15-/m0/s1. The van der Waals surface area contributed by atoms with Gasteiger partial charge in [0.25, 0.3) is 5.91 Å². The van der Waals surface area contributed by atoms with Gasteiger partial charge in [-0.1, -0.05) is 33.8 Å². The first-order valence-electron chi connectivity index (χ1n) is 8.87. The third-order valence-electron chi connectivity index (χ3n) is 4.12. The van der Waals surface area contributed by atoms with E-state index >= 15 is 0 Å². The summed E-state index contributed by atoms with van der Waals surface area (Å²) in [5.41, 5.74) is 5.44. The van der Waals surface area contributed by atoms with Crippen molar-refractivity contribution in [2.75, 3.05) is 13.1 Å². The number of aryl methyl sites for hydroxylation is 1. The van der Waals surface area contributed by atoms with Crippen molar-refractivity contribution in [3.63, 3.8) is 0 Å². The summed E-state index contributed by atoms with van der Waals surface area (Å²) in [5, 5.41) is 1.88. The van der Waals surface area contributed by atoms with Crippen LogP contribution in [0, 0.1) is 12.8 Å². The van der Waals surface area contributed by atoms with E-state index in [-0.39, 0.29) is 23.5 Å². The predicted molar refractivity (Wildman–Crippen MR) is 103 cm³/mol. The van der Waals surface area contributed by atoms with Gasteiger partial charge >= 0.3 is 12.0 Å². The second-order valence-corrected chi connectivity index (χ2v) is 8.43. The number of nitrogens with two attached hydrogens (primary N) is 1. The molecule has 0 spiro atoms. The molecule has 1 rings (SSSR count). The van der Waals surface area contributed by atoms with Gasteiger partial charge in [-0.3, -0.25) is 10.1 Å². The van der Waals surface area contributed by atoms with Crippen LogP contribution in [-0.4, -0.2) is 49.8 Å². The molecular formula is C18H27N3O6S. The van der Waals surface area contributed by atoms with Gasteiger partial charge in [0.1, 0.15) is 0 Å². The Morgan fingerprint density at radius 2 is 1.75 bits per heavy atom. The van der Waals surface area contributed by atoms with Crippen molar-refractivity contribution in [1.29, 1.82) is 0 Å². The van der Waals surface area contributed by atoms with Gasteiger partial charge in [-0.2, -0.15) is 4.31 Å². The highest BCUT2D eigenvalue weighted by atomic mass is 32.2. The molecule has 0 aliphatic carbocycles. The molecular weight excluding hydrogens is 386 g/mol. The highest BCUT2D eigenvalue weighted by molar-refractivity contribution is 7.89. The summed E-state index contributed by atoms with van der Waals surface area (Å²) < 4.78 is 31.9. The molecule has 0 saturated carbocycles. The zero-order chi connectivity index (χ0) is 21.6. The number of urea groups is 1. The number of hydrogen-bond donors (Lipinski definition) is 2. The zero-order valence-electron chi connectivity index (χ0n) is 16.7. The molecule has 28 heavy (non-hydrogen) atoms. The monoisotopic (exact) mass is 413 g/mol. The largest absolute Gasteiger partial charge is 0.448 e. The van der Waals surface area contributed by atoms with Gasteiger partial charge in [0.05, 0.1) is 10.5 Å². The number of nitrogens with zero attached hydrogens (tertiary/aromatic N) is 1. The quantitative estimate of drug-likeness (QED) is 0.618. The van der Waals surface area contributed by atoms with Crippen LogP contribution in [0.5, 0.6) is 0 Å². The molecule has 9 nitrogen and oxygen atoms in total. The van der Waals surface area contributed by atoms with E-state index in [1.165, 1.54) is 22.5 Å². The van der Waals surface area contributed by atoms with E-state index in [0.29, 0.717) is 5.56 Å². The number of sulfonamides is 1. The number of hydrogen-bond acceptors (Lipinski definition) is 6. The molecule has 0 aliphatic rings. The van der Waals surface area contributed by atoms with Crippen LogP contribution in [0.15, 0.2) is 23.1 Å². The van der Waals surface area contributed by atoms with Gasteiger partial charge in [-0.25, -0.2) is 18.0 Å². The lowest BCUT2D eigenvalue weighted by Crippen LogP contribution is -2.45. The van der Waals surface area contributed by atoms with Gasteiger partial charge in [0, 0.05) is 13.1 Å². The van der Waals surface area contributed by atoms with Crippen molar-refractivity contribution in [2.45, 2.75) is 45.6 Å².